The number of aryl methyl sites for hydroxylation is 1. The fourth-order valence-electron chi connectivity index (χ4n) is 28.1. The molecule has 12 aliphatic carbocycles. The van der Waals surface area contributed by atoms with Crippen molar-refractivity contribution in [2.45, 2.75) is 284 Å². The number of carbonyl (C=O) groups is 3. The van der Waals surface area contributed by atoms with E-state index in [1.807, 2.05) is 37.6 Å². The number of halogens is 3. The van der Waals surface area contributed by atoms with Crippen LogP contribution >= 0.6 is 11.8 Å². The van der Waals surface area contributed by atoms with Crippen LogP contribution in [0.1, 0.15) is 241 Å². The Morgan fingerprint density at radius 2 is 0.857 bits per heavy atom. The average molecular weight is 1460 g/mol. The first-order valence-electron chi connectivity index (χ1n) is 41.0. The van der Waals surface area contributed by atoms with E-state index in [0.717, 1.165) is 144 Å². The first-order valence-corrected chi connectivity index (χ1v) is 42.2. The maximum absolute atomic E-state index is 14.5. The van der Waals surface area contributed by atoms with Crippen LogP contribution in [0, 0.1) is 146 Å². The van der Waals surface area contributed by atoms with Gasteiger partial charge in [-0.2, -0.15) is 9.90 Å². The Hall–Kier alpha value is -5.11. The number of Topliss-reactive ketones (excluding diaryl/α,β-unsaturated/α-hetero) is 3. The van der Waals surface area contributed by atoms with E-state index < -0.39 is 28.4 Å². The molecule has 6 aromatic rings. The van der Waals surface area contributed by atoms with Gasteiger partial charge in [0.1, 0.15) is 36.2 Å². The summed E-state index contributed by atoms with van der Waals surface area (Å²) in [6.45, 7) is 23.0. The molecule has 12 aliphatic rings. The second-order valence-electron chi connectivity index (χ2n) is 39.4. The molecular weight excluding hydrogens is 1340 g/mol. The number of hydrogen-bond donors (Lipinski definition) is 3. The molecule has 3 heterocycles. The number of hydrogen-bond acceptors (Lipinski definition) is 13. The Bertz CT molecular complexity index is 4340. The van der Waals surface area contributed by atoms with Gasteiger partial charge in [0.2, 0.25) is 0 Å². The van der Waals surface area contributed by atoms with Crippen LogP contribution in [-0.2, 0) is 34.0 Å². The van der Waals surface area contributed by atoms with E-state index in [-0.39, 0.29) is 81.0 Å². The van der Waals surface area contributed by atoms with Gasteiger partial charge >= 0.3 is 0 Å². The van der Waals surface area contributed by atoms with Crippen molar-refractivity contribution >= 4 is 62.2 Å². The summed E-state index contributed by atoms with van der Waals surface area (Å²) in [5, 5.41) is 57.4. The fourth-order valence-corrected chi connectivity index (χ4v) is 28.5. The molecule has 3 aromatic carbocycles. The number of nitrogens with zero attached hydrogens (tertiary/aromatic N) is 9. The van der Waals surface area contributed by atoms with Crippen molar-refractivity contribution in [2.75, 3.05) is 6.26 Å². The van der Waals surface area contributed by atoms with Gasteiger partial charge < -0.3 is 15.3 Å². The van der Waals surface area contributed by atoms with Crippen LogP contribution in [0.3, 0.4) is 0 Å². The summed E-state index contributed by atoms with van der Waals surface area (Å²) in [5.74, 6) is 6.45. The van der Waals surface area contributed by atoms with Crippen LogP contribution in [0.2, 0.25) is 0 Å². The molecule has 12 saturated carbocycles. The topological polar surface area (TPSA) is 204 Å². The molecule has 105 heavy (non-hydrogen) atoms. The molecule has 3 aromatic heterocycles. The highest BCUT2D eigenvalue weighted by atomic mass is 32.2. The van der Waals surface area contributed by atoms with Gasteiger partial charge in [0.05, 0.1) is 27.8 Å². The maximum atomic E-state index is 14.5. The molecule has 24 atom stereocenters. The number of ketones is 3. The number of fused-ring (bicyclic) bond motifs is 18. The van der Waals surface area contributed by atoms with Crippen molar-refractivity contribution in [3.63, 3.8) is 0 Å². The van der Waals surface area contributed by atoms with E-state index in [2.05, 4.69) is 90.8 Å². The van der Waals surface area contributed by atoms with Gasteiger partial charge in [0, 0.05) is 22.6 Å². The smallest absolute Gasteiger partial charge is 0.188 e. The second-order valence-corrected chi connectivity index (χ2v) is 40.2. The fraction of sp³-hybridized carbons (Fsp3) is 0.756. The third-order valence-electron chi connectivity index (χ3n) is 34.0. The van der Waals surface area contributed by atoms with Gasteiger partial charge in [0.15, 0.2) is 40.3 Å². The average Bonchev–Trinajstić information content (AvgIpc) is 1.70. The van der Waals surface area contributed by atoms with Crippen molar-refractivity contribution in [1.82, 2.24) is 45.0 Å². The number of aromatic nitrogens is 9. The van der Waals surface area contributed by atoms with Gasteiger partial charge in [-0.05, 0) is 353 Å². The highest BCUT2D eigenvalue weighted by molar-refractivity contribution is 7.98. The van der Waals surface area contributed by atoms with Gasteiger partial charge in [-0.3, -0.25) is 14.4 Å². The van der Waals surface area contributed by atoms with Crippen molar-refractivity contribution in [3.8, 4) is 0 Å². The lowest BCUT2D eigenvalue weighted by atomic mass is 9.44. The zero-order valence-electron chi connectivity index (χ0n) is 64.5. The number of carbonyl (C=O) groups excluding carboxylic acids is 3. The van der Waals surface area contributed by atoms with E-state index >= 15 is 0 Å². The summed E-state index contributed by atoms with van der Waals surface area (Å²) in [5.41, 5.74) is 3.00. The summed E-state index contributed by atoms with van der Waals surface area (Å²) < 4.78 is 45.6. The van der Waals surface area contributed by atoms with Crippen molar-refractivity contribution in [1.29, 1.82) is 0 Å². The minimum Gasteiger partial charge on any atom is -0.390 e. The first kappa shape index (κ1) is 74.0. The largest absolute Gasteiger partial charge is 0.390 e. The highest BCUT2D eigenvalue weighted by Crippen LogP contribution is 2.72. The number of thioether (sulfide) groups is 1. The van der Waals surface area contributed by atoms with Gasteiger partial charge in [0.25, 0.3) is 0 Å². The molecule has 15 nitrogen and oxygen atoms in total. The number of benzene rings is 3. The molecule has 0 bridgehead atoms. The molecule has 0 aliphatic heterocycles. The summed E-state index contributed by atoms with van der Waals surface area (Å²) in [7, 11) is 0. The zero-order chi connectivity index (χ0) is 74.1. The maximum Gasteiger partial charge on any atom is 0.188 e. The third-order valence-corrected chi connectivity index (χ3v) is 34.7. The zero-order valence-corrected chi connectivity index (χ0v) is 65.4. The Balaban J connectivity index is 0.000000121. The number of aliphatic hydroxyl groups is 3. The lowest BCUT2D eigenvalue weighted by molar-refractivity contribution is -0.151. The Labute approximate surface area is 623 Å². The number of rotatable bonds is 10. The minimum absolute atomic E-state index is 0.00564. The molecule has 19 heteroatoms. The van der Waals surface area contributed by atoms with Crippen LogP contribution in [0.25, 0.3) is 33.1 Å². The predicted molar refractivity (Wildman–Crippen MR) is 402 cm³/mol. The Morgan fingerprint density at radius 1 is 0.438 bits per heavy atom. The molecule has 18 rings (SSSR count). The summed E-state index contributed by atoms with van der Waals surface area (Å²) in [4.78, 5) is 43.4. The molecule has 0 spiro atoms. The van der Waals surface area contributed by atoms with E-state index in [9.17, 15) is 42.9 Å². The molecule has 0 amide bonds. The van der Waals surface area contributed by atoms with E-state index in [1.165, 1.54) is 80.0 Å². The van der Waals surface area contributed by atoms with Crippen LogP contribution in [0.4, 0.5) is 13.2 Å². The monoisotopic (exact) mass is 1460 g/mol. The lowest BCUT2D eigenvalue weighted by Crippen LogP contribution is -2.55. The van der Waals surface area contributed by atoms with Crippen LogP contribution in [0.5, 0.6) is 0 Å². The Morgan fingerprint density at radius 3 is 1.31 bits per heavy atom. The SMILES string of the molecule is CSc1ccc2nnn(CC(=O)[C@H]3CC[C@H]4[C@@H]5CC[C@@H]6C[C@](C)(O)CC[C@]6(C)[C@H]5CC[C@]34C)c2c1.C[C@@]1(O)CC[C@@]2(C)[C@H](CC[C@@H]3[C@@H]2CC[C@]2(C)[C@@H](C(=O)Cn4nc5ccc(F)c(F)c5n4)CC[C@@H]32)C1.Cc1ccc2c(nnn2CC(=O)[C@H]2CC[C@H]3[C@@H]4CC[C@@H]5C[C@](C)(O)CC[C@]5(C)[C@H]4CC[C@]23C)c1F. The summed E-state index contributed by atoms with van der Waals surface area (Å²) >= 11 is 1.70. The summed E-state index contributed by atoms with van der Waals surface area (Å²) in [6, 6.07) is 12.2. The molecule has 570 valence electrons. The van der Waals surface area contributed by atoms with E-state index in [4.69, 9.17) is 0 Å². The molecule has 0 radical (unpaired) electrons. The second kappa shape index (κ2) is 26.6. The standard InChI is InChI=1S/C29H40FN3O2.C29H41N3O2S.C28H37F2N3O2/c1-17-5-10-23-26(25(17)30)31-32-33(23)16-24(34)22-9-8-20-19-7-6-18-15-27(2,35)13-14-28(18,3)21(19)11-12-29(20,22)4;1-27(34)13-14-28(2)18(16-27)5-7-20-21-8-9-23(29(21,3)12-11-22(20)28)26(33)17-32-25-15-19(35-4)6-10-24(25)30-31-32;1-26(35)12-13-27(2)16(14-26)4-5-17-18-6-7-20(28(18,3)11-10-19(17)27)23(34)15-33-31-22-9-8-21(29)24(30)25(22)32-33/h5,10,18-22,35H,6-9,11-16H2,1-4H3;6,10,15,18,20-23,34H,5,7-9,11-14,16-17H2,1-4H3;8-9,16-20,35H,4-7,10-15H2,1-3H3/t18-,19+,20+,21+,22-,27-,28+,29+;18-,20+,21+,22+,23-,27-,28+,29+;16-,17+,18+,19+,20-,26-,27+,28+/m111/s1. The van der Waals surface area contributed by atoms with Crippen LogP contribution < -0.4 is 0 Å². The van der Waals surface area contributed by atoms with E-state index in [1.54, 1.807) is 29.4 Å². The Kier molecular flexibility index (Phi) is 18.7. The molecule has 12 fully saturated rings. The van der Waals surface area contributed by atoms with Crippen molar-refractivity contribution < 1.29 is 42.9 Å². The first-order chi connectivity index (χ1) is 49.7. The van der Waals surface area contributed by atoms with Gasteiger partial charge in [-0.15, -0.1) is 27.1 Å². The summed E-state index contributed by atoms with van der Waals surface area (Å²) in [6.07, 6.45) is 31.7. The van der Waals surface area contributed by atoms with E-state index in [0.29, 0.717) is 92.9 Å². The molecule has 0 saturated heterocycles. The quantitative estimate of drug-likeness (QED) is 0.109. The van der Waals surface area contributed by atoms with Crippen LogP contribution in [0.15, 0.2) is 47.4 Å². The molecule has 3 N–H and O–H groups in total. The highest BCUT2D eigenvalue weighted by Gasteiger charge is 2.66. The minimum atomic E-state index is -1.01. The van der Waals surface area contributed by atoms with Crippen molar-refractivity contribution in [2.24, 2.45) is 121 Å². The van der Waals surface area contributed by atoms with Crippen LogP contribution in [-0.4, -0.2) is 101 Å². The normalized spacial score (nSPS) is 43.0. The van der Waals surface area contributed by atoms with Crippen molar-refractivity contribution in [3.05, 3.63) is 65.5 Å². The molecule has 0 unspecified atom stereocenters. The lowest BCUT2D eigenvalue weighted by Gasteiger charge is -2.61. The molecular formula is C86H118F3N9O6S. The van der Waals surface area contributed by atoms with Gasteiger partial charge in [-0.25, -0.2) is 22.5 Å². The predicted octanol–water partition coefficient (Wildman–Crippen LogP) is 17.7. The third kappa shape index (κ3) is 12.4. The van der Waals surface area contributed by atoms with Gasteiger partial charge in [-0.1, -0.05) is 58.0 Å².